The largest absolute Gasteiger partial charge is 0.308 e. The Morgan fingerprint density at radius 1 is 1.39 bits per heavy atom. The monoisotopic (exact) mass is 269 g/mol. The zero-order valence-electron chi connectivity index (χ0n) is 12.4. The highest BCUT2D eigenvalue weighted by atomic mass is 32.2. The van der Waals surface area contributed by atoms with Gasteiger partial charge in [0, 0.05) is 23.2 Å². The van der Waals surface area contributed by atoms with Crippen LogP contribution in [0.1, 0.15) is 52.8 Å². The molecular weight excluding hydrogens is 242 g/mol. The SMILES string of the molecule is CCCNC(CSC(C)(C)C)c1ccnn1CC. The summed E-state index contributed by atoms with van der Waals surface area (Å²) in [6.07, 6.45) is 3.07. The molecule has 0 saturated carbocycles. The van der Waals surface area contributed by atoms with E-state index in [4.69, 9.17) is 0 Å². The number of thioether (sulfide) groups is 1. The first-order valence-corrected chi connectivity index (χ1v) is 7.85. The molecular formula is C14H27N3S. The normalized spacial score (nSPS) is 13.8. The van der Waals surface area contributed by atoms with Crippen molar-refractivity contribution in [3.05, 3.63) is 18.0 Å². The summed E-state index contributed by atoms with van der Waals surface area (Å²) in [5, 5.41) is 8.01. The van der Waals surface area contributed by atoms with E-state index in [9.17, 15) is 0 Å². The smallest absolute Gasteiger partial charge is 0.0584 e. The molecule has 1 aromatic rings. The molecule has 1 rings (SSSR count). The van der Waals surface area contributed by atoms with Gasteiger partial charge < -0.3 is 5.32 Å². The number of rotatable bonds is 7. The fraction of sp³-hybridized carbons (Fsp3) is 0.786. The Bertz CT molecular complexity index is 341. The maximum atomic E-state index is 4.38. The van der Waals surface area contributed by atoms with Gasteiger partial charge in [0.25, 0.3) is 0 Å². The standard InChI is InChI=1S/C14H27N3S/c1-6-9-15-12(11-18-14(3,4)5)13-8-10-16-17(13)7-2/h8,10,12,15H,6-7,9,11H2,1-5H3. The van der Waals surface area contributed by atoms with Crippen LogP contribution in [0.5, 0.6) is 0 Å². The molecule has 1 atom stereocenters. The molecule has 0 amide bonds. The van der Waals surface area contributed by atoms with Crippen LogP contribution in [0, 0.1) is 0 Å². The van der Waals surface area contributed by atoms with Crippen LogP contribution in [0.25, 0.3) is 0 Å². The summed E-state index contributed by atoms with van der Waals surface area (Å²) in [5.41, 5.74) is 1.31. The van der Waals surface area contributed by atoms with Crippen LogP contribution < -0.4 is 5.32 Å². The molecule has 0 aliphatic heterocycles. The minimum atomic E-state index is 0.309. The third-order valence-electron chi connectivity index (χ3n) is 2.73. The predicted octanol–water partition coefficient (Wildman–Crippen LogP) is 3.48. The maximum absolute atomic E-state index is 4.38. The number of hydrogen-bond donors (Lipinski definition) is 1. The van der Waals surface area contributed by atoms with Crippen LogP contribution in [-0.4, -0.2) is 26.8 Å². The molecule has 0 radical (unpaired) electrons. The van der Waals surface area contributed by atoms with Crippen molar-refractivity contribution >= 4 is 11.8 Å². The third kappa shape index (κ3) is 5.02. The van der Waals surface area contributed by atoms with Crippen LogP contribution in [0.15, 0.2) is 12.3 Å². The molecule has 0 aliphatic carbocycles. The fourth-order valence-corrected chi connectivity index (χ4v) is 2.76. The maximum Gasteiger partial charge on any atom is 0.0584 e. The summed E-state index contributed by atoms with van der Waals surface area (Å²) in [7, 11) is 0. The molecule has 1 unspecified atom stereocenters. The molecule has 0 aliphatic rings. The molecule has 0 saturated heterocycles. The molecule has 104 valence electrons. The van der Waals surface area contributed by atoms with E-state index in [0.29, 0.717) is 10.8 Å². The van der Waals surface area contributed by atoms with Crippen LogP contribution >= 0.6 is 11.8 Å². The lowest BCUT2D eigenvalue weighted by atomic mass is 10.2. The average molecular weight is 269 g/mol. The first-order chi connectivity index (χ1) is 8.48. The van der Waals surface area contributed by atoms with Crippen LogP contribution in [-0.2, 0) is 6.54 Å². The van der Waals surface area contributed by atoms with Crippen molar-refractivity contribution in [2.24, 2.45) is 0 Å². The van der Waals surface area contributed by atoms with Gasteiger partial charge in [-0.15, -0.1) is 0 Å². The fourth-order valence-electron chi connectivity index (χ4n) is 1.80. The molecule has 1 N–H and O–H groups in total. The highest BCUT2D eigenvalue weighted by Crippen LogP contribution is 2.28. The number of nitrogens with zero attached hydrogens (tertiary/aromatic N) is 2. The summed E-state index contributed by atoms with van der Waals surface area (Å²) in [5.74, 6) is 1.09. The first-order valence-electron chi connectivity index (χ1n) is 6.87. The van der Waals surface area contributed by atoms with Gasteiger partial charge in [-0.25, -0.2) is 0 Å². The Morgan fingerprint density at radius 3 is 2.67 bits per heavy atom. The molecule has 0 aromatic carbocycles. The number of aryl methyl sites for hydroxylation is 1. The van der Waals surface area contributed by atoms with Gasteiger partial charge in [-0.05, 0) is 26.0 Å². The summed E-state index contributed by atoms with van der Waals surface area (Å²) in [6, 6.07) is 2.54. The van der Waals surface area contributed by atoms with Gasteiger partial charge in [0.15, 0.2) is 0 Å². The molecule has 18 heavy (non-hydrogen) atoms. The minimum absolute atomic E-state index is 0.309. The predicted molar refractivity (Wildman–Crippen MR) is 81.1 cm³/mol. The van der Waals surface area contributed by atoms with Crippen LogP contribution in [0.2, 0.25) is 0 Å². The number of nitrogens with one attached hydrogen (secondary N) is 1. The van der Waals surface area contributed by atoms with Gasteiger partial charge >= 0.3 is 0 Å². The lowest BCUT2D eigenvalue weighted by Crippen LogP contribution is -2.28. The molecule has 3 nitrogen and oxygen atoms in total. The topological polar surface area (TPSA) is 29.9 Å². The summed E-state index contributed by atoms with van der Waals surface area (Å²) < 4.78 is 2.40. The van der Waals surface area contributed by atoms with Crippen molar-refractivity contribution in [1.82, 2.24) is 15.1 Å². The third-order valence-corrected chi connectivity index (χ3v) is 4.10. The van der Waals surface area contributed by atoms with Gasteiger partial charge in [-0.3, -0.25) is 4.68 Å². The Labute approximate surface area is 116 Å². The van der Waals surface area contributed by atoms with E-state index < -0.39 is 0 Å². The Hall–Kier alpha value is -0.480. The van der Waals surface area contributed by atoms with E-state index in [-0.39, 0.29) is 0 Å². The number of aromatic nitrogens is 2. The van der Waals surface area contributed by atoms with Crippen molar-refractivity contribution in [2.45, 2.75) is 58.4 Å². The highest BCUT2D eigenvalue weighted by Gasteiger charge is 2.19. The number of hydrogen-bond acceptors (Lipinski definition) is 3. The second-order valence-corrected chi connectivity index (χ2v) is 7.35. The summed E-state index contributed by atoms with van der Waals surface area (Å²) in [6.45, 7) is 13.2. The molecule has 1 heterocycles. The molecule has 0 bridgehead atoms. The van der Waals surface area contributed by atoms with E-state index in [1.54, 1.807) is 0 Å². The minimum Gasteiger partial charge on any atom is -0.308 e. The molecule has 1 aromatic heterocycles. The van der Waals surface area contributed by atoms with Crippen molar-refractivity contribution in [3.8, 4) is 0 Å². The quantitative estimate of drug-likeness (QED) is 0.822. The van der Waals surface area contributed by atoms with Crippen LogP contribution in [0.3, 0.4) is 0 Å². The summed E-state index contributed by atoms with van der Waals surface area (Å²) >= 11 is 2.01. The van der Waals surface area contributed by atoms with Crippen molar-refractivity contribution in [3.63, 3.8) is 0 Å². The van der Waals surface area contributed by atoms with Crippen molar-refractivity contribution in [1.29, 1.82) is 0 Å². The van der Waals surface area contributed by atoms with Gasteiger partial charge in [-0.1, -0.05) is 27.7 Å². The van der Waals surface area contributed by atoms with E-state index >= 15 is 0 Å². The van der Waals surface area contributed by atoms with Gasteiger partial charge in [0.05, 0.1) is 11.7 Å². The van der Waals surface area contributed by atoms with E-state index in [2.05, 4.69) is 55.8 Å². The van der Waals surface area contributed by atoms with Crippen molar-refractivity contribution < 1.29 is 0 Å². The molecule has 0 fully saturated rings. The molecule has 4 heteroatoms. The average Bonchev–Trinajstić information content (AvgIpc) is 2.76. The van der Waals surface area contributed by atoms with Crippen molar-refractivity contribution in [2.75, 3.05) is 12.3 Å². The second kappa shape index (κ2) is 7.19. The van der Waals surface area contributed by atoms with Crippen LogP contribution in [0.4, 0.5) is 0 Å². The van der Waals surface area contributed by atoms with Gasteiger partial charge in [-0.2, -0.15) is 16.9 Å². The second-order valence-electron chi connectivity index (χ2n) is 5.50. The first kappa shape index (κ1) is 15.6. The van der Waals surface area contributed by atoms with E-state index in [0.717, 1.165) is 25.3 Å². The molecule has 0 spiro atoms. The van der Waals surface area contributed by atoms with E-state index in [1.807, 2.05) is 18.0 Å². The van der Waals surface area contributed by atoms with Gasteiger partial charge in [0.2, 0.25) is 0 Å². The highest BCUT2D eigenvalue weighted by molar-refractivity contribution is 8.00. The lowest BCUT2D eigenvalue weighted by Gasteiger charge is -2.24. The zero-order valence-corrected chi connectivity index (χ0v) is 13.2. The Kier molecular flexibility index (Phi) is 6.22. The lowest BCUT2D eigenvalue weighted by molar-refractivity contribution is 0.513. The zero-order chi connectivity index (χ0) is 13.6. The Balaban J connectivity index is 2.71. The van der Waals surface area contributed by atoms with Gasteiger partial charge in [0.1, 0.15) is 0 Å². The summed E-state index contributed by atoms with van der Waals surface area (Å²) in [4.78, 5) is 0. The Morgan fingerprint density at radius 2 is 2.11 bits per heavy atom. The van der Waals surface area contributed by atoms with E-state index in [1.165, 1.54) is 5.69 Å².